The molecule has 0 heterocycles. The molecule has 1 nitrogen and oxygen atoms in total. The number of carbonyl (C=O) groups excluding carboxylic acids is 1. The summed E-state index contributed by atoms with van der Waals surface area (Å²) >= 11 is 0. The molecule has 0 bridgehead atoms. The summed E-state index contributed by atoms with van der Waals surface area (Å²) in [6, 6.07) is 0. The van der Waals surface area contributed by atoms with E-state index < -0.39 is 17.4 Å². The van der Waals surface area contributed by atoms with Crippen molar-refractivity contribution in [3.8, 4) is 0 Å². The van der Waals surface area contributed by atoms with Crippen LogP contribution >= 0.6 is 0 Å². The molecule has 0 N–H and O–H groups in total. The van der Waals surface area contributed by atoms with Gasteiger partial charge in [-0.3, -0.25) is 4.79 Å². The van der Waals surface area contributed by atoms with Gasteiger partial charge in [0, 0.05) is 19.3 Å². The molecule has 4 heteroatoms. The number of rotatable bonds is 4. The van der Waals surface area contributed by atoms with Gasteiger partial charge in [-0.25, -0.2) is 13.2 Å². The molecule has 94 valence electrons. The van der Waals surface area contributed by atoms with E-state index in [4.69, 9.17) is 0 Å². The maximum Gasteiger partial charge on any atom is 0.248 e. The Morgan fingerprint density at radius 2 is 1.81 bits per heavy atom. The van der Waals surface area contributed by atoms with Crippen molar-refractivity contribution in [1.82, 2.24) is 0 Å². The average molecular weight is 236 g/mol. The second-order valence-electron chi connectivity index (χ2n) is 5.23. The Kier molecular flexibility index (Phi) is 4.02. The van der Waals surface area contributed by atoms with E-state index in [1.807, 2.05) is 0 Å². The van der Waals surface area contributed by atoms with Gasteiger partial charge in [-0.2, -0.15) is 0 Å². The summed E-state index contributed by atoms with van der Waals surface area (Å²) in [6.07, 6.45) is 1.43. The molecule has 1 rings (SSSR count). The first-order valence-corrected chi connectivity index (χ1v) is 5.81. The summed E-state index contributed by atoms with van der Waals surface area (Å²) in [6.45, 7) is 2.48. The first-order chi connectivity index (χ1) is 7.21. The zero-order chi connectivity index (χ0) is 12.4. The van der Waals surface area contributed by atoms with Gasteiger partial charge in [-0.05, 0) is 39.0 Å². The van der Waals surface area contributed by atoms with Crippen LogP contribution < -0.4 is 0 Å². The van der Waals surface area contributed by atoms with Crippen molar-refractivity contribution in [3.05, 3.63) is 0 Å². The van der Waals surface area contributed by atoms with E-state index in [9.17, 15) is 18.0 Å². The molecule has 0 unspecified atom stereocenters. The number of alkyl halides is 3. The van der Waals surface area contributed by atoms with Crippen LogP contribution in [0.4, 0.5) is 13.2 Å². The van der Waals surface area contributed by atoms with E-state index in [-0.39, 0.29) is 25.2 Å². The van der Waals surface area contributed by atoms with Crippen molar-refractivity contribution in [3.63, 3.8) is 0 Å². The Balaban J connectivity index is 2.28. The van der Waals surface area contributed by atoms with Gasteiger partial charge < -0.3 is 0 Å². The summed E-state index contributed by atoms with van der Waals surface area (Å²) in [4.78, 5) is 11.3. The van der Waals surface area contributed by atoms with E-state index in [2.05, 4.69) is 0 Å². The van der Waals surface area contributed by atoms with Crippen LogP contribution in [0.2, 0.25) is 0 Å². The highest BCUT2D eigenvalue weighted by Gasteiger charge is 2.35. The lowest BCUT2D eigenvalue weighted by molar-refractivity contribution is -0.129. The number of carbonyl (C=O) groups is 1. The molecular weight excluding hydrogens is 217 g/mol. The van der Waals surface area contributed by atoms with Crippen LogP contribution in [0.5, 0.6) is 0 Å². The monoisotopic (exact) mass is 236 g/mol. The second kappa shape index (κ2) is 4.76. The minimum Gasteiger partial charge on any atom is -0.296 e. The van der Waals surface area contributed by atoms with Crippen molar-refractivity contribution in [2.24, 2.45) is 5.92 Å². The van der Waals surface area contributed by atoms with Crippen LogP contribution in [-0.2, 0) is 4.79 Å². The molecule has 0 spiro atoms. The Bertz CT molecular complexity index is 245. The quantitative estimate of drug-likeness (QED) is 0.723. The molecule has 0 radical (unpaired) electrons. The molecule has 0 atom stereocenters. The van der Waals surface area contributed by atoms with Crippen LogP contribution in [0.3, 0.4) is 0 Å². The lowest BCUT2D eigenvalue weighted by atomic mass is 9.83. The average Bonchev–Trinajstić information content (AvgIpc) is 2.14. The number of hydrogen-bond acceptors (Lipinski definition) is 1. The van der Waals surface area contributed by atoms with Gasteiger partial charge in [0.2, 0.25) is 5.92 Å². The van der Waals surface area contributed by atoms with Crippen LogP contribution in [0.15, 0.2) is 0 Å². The summed E-state index contributed by atoms with van der Waals surface area (Å²) in [5.41, 5.74) is -1.79. The van der Waals surface area contributed by atoms with E-state index >= 15 is 0 Å². The molecule has 0 amide bonds. The highest BCUT2D eigenvalue weighted by atomic mass is 19.3. The van der Waals surface area contributed by atoms with Gasteiger partial charge in [0.15, 0.2) is 11.5 Å². The van der Waals surface area contributed by atoms with E-state index in [1.54, 1.807) is 0 Å². The van der Waals surface area contributed by atoms with Crippen molar-refractivity contribution in [1.29, 1.82) is 0 Å². The van der Waals surface area contributed by atoms with Crippen LogP contribution in [-0.4, -0.2) is 17.4 Å². The lowest BCUT2D eigenvalue weighted by Gasteiger charge is -2.28. The van der Waals surface area contributed by atoms with Crippen molar-refractivity contribution in [2.75, 3.05) is 0 Å². The van der Waals surface area contributed by atoms with Gasteiger partial charge >= 0.3 is 0 Å². The van der Waals surface area contributed by atoms with Crippen LogP contribution in [0, 0.1) is 5.92 Å². The van der Waals surface area contributed by atoms with Gasteiger partial charge in [-0.1, -0.05) is 0 Å². The highest BCUT2D eigenvalue weighted by Crippen LogP contribution is 2.38. The highest BCUT2D eigenvalue weighted by molar-refractivity contribution is 5.86. The third kappa shape index (κ3) is 4.14. The Hall–Kier alpha value is -0.540. The predicted octanol–water partition coefficient (Wildman–Crippen LogP) is 3.91. The maximum absolute atomic E-state index is 13.2. The zero-order valence-electron chi connectivity index (χ0n) is 9.86. The van der Waals surface area contributed by atoms with Crippen molar-refractivity contribution < 1.29 is 18.0 Å². The van der Waals surface area contributed by atoms with Crippen LogP contribution in [0.25, 0.3) is 0 Å². The summed E-state index contributed by atoms with van der Waals surface area (Å²) in [5.74, 6) is -2.80. The van der Waals surface area contributed by atoms with E-state index in [0.29, 0.717) is 19.3 Å². The minimum atomic E-state index is -2.53. The molecule has 16 heavy (non-hydrogen) atoms. The number of ketones is 1. The summed E-state index contributed by atoms with van der Waals surface area (Å²) < 4.78 is 38.9. The molecule has 0 aromatic carbocycles. The fraction of sp³-hybridized carbons (Fsp3) is 0.917. The Labute approximate surface area is 94.4 Å². The maximum atomic E-state index is 13.2. The molecule has 1 aliphatic carbocycles. The standard InChI is InChI=1S/C12H19F3O/c1-11(2,13)10(16)4-3-9-5-7-12(14,15)8-6-9/h9H,3-8H2,1-2H3. The molecule has 1 aliphatic rings. The van der Waals surface area contributed by atoms with Gasteiger partial charge in [0.1, 0.15) is 0 Å². The predicted molar refractivity (Wildman–Crippen MR) is 56.3 cm³/mol. The third-order valence-electron chi connectivity index (χ3n) is 3.28. The molecule has 1 fully saturated rings. The Morgan fingerprint density at radius 1 is 1.31 bits per heavy atom. The van der Waals surface area contributed by atoms with Crippen LogP contribution in [0.1, 0.15) is 52.4 Å². The molecule has 0 saturated heterocycles. The summed E-state index contributed by atoms with van der Waals surface area (Å²) in [7, 11) is 0. The molecule has 0 aromatic heterocycles. The smallest absolute Gasteiger partial charge is 0.248 e. The zero-order valence-corrected chi connectivity index (χ0v) is 9.86. The second-order valence-corrected chi connectivity index (χ2v) is 5.23. The third-order valence-corrected chi connectivity index (χ3v) is 3.28. The largest absolute Gasteiger partial charge is 0.296 e. The molecule has 0 aromatic rings. The normalized spacial score (nSPS) is 22.1. The Morgan fingerprint density at radius 3 is 2.25 bits per heavy atom. The summed E-state index contributed by atoms with van der Waals surface area (Å²) in [5, 5.41) is 0. The van der Waals surface area contributed by atoms with Gasteiger partial charge in [0.25, 0.3) is 0 Å². The topological polar surface area (TPSA) is 17.1 Å². The van der Waals surface area contributed by atoms with Gasteiger partial charge in [0.05, 0.1) is 0 Å². The lowest BCUT2D eigenvalue weighted by Crippen LogP contribution is -2.28. The fourth-order valence-corrected chi connectivity index (χ4v) is 2.02. The fourth-order valence-electron chi connectivity index (χ4n) is 2.02. The van der Waals surface area contributed by atoms with Gasteiger partial charge in [-0.15, -0.1) is 0 Å². The van der Waals surface area contributed by atoms with E-state index in [0.717, 1.165) is 0 Å². The van der Waals surface area contributed by atoms with Crippen molar-refractivity contribution >= 4 is 5.78 Å². The van der Waals surface area contributed by atoms with E-state index in [1.165, 1.54) is 13.8 Å². The van der Waals surface area contributed by atoms with Crippen molar-refractivity contribution in [2.45, 2.75) is 64.0 Å². The molecular formula is C12H19F3O. The molecule has 0 aliphatic heterocycles. The number of hydrogen-bond donors (Lipinski definition) is 0. The first-order valence-electron chi connectivity index (χ1n) is 5.81. The number of Topliss-reactive ketones (excluding diaryl/α,β-unsaturated/α-hetero) is 1. The SMILES string of the molecule is CC(C)(F)C(=O)CCC1CCC(F)(F)CC1. The molecule has 1 saturated carbocycles. The number of halogens is 3. The minimum absolute atomic E-state index is 0.0924. The first kappa shape index (κ1) is 13.5.